The van der Waals surface area contributed by atoms with Crippen LogP contribution >= 0.6 is 0 Å². The molecule has 1 atom stereocenters. The number of amides is 1. The minimum absolute atomic E-state index is 0.0962. The number of nitrogens with one attached hydrogen (secondary N) is 1. The molecule has 1 aromatic heterocycles. The SMILES string of the molecule is COC[C@@H](CC(C)C)NC1=N/C(=C\c2ccc3ncoc3c2)C(=O)N1C. The smallest absolute Gasteiger partial charge is 0.279 e. The van der Waals surface area contributed by atoms with Crippen molar-refractivity contribution in [2.24, 2.45) is 10.9 Å². The van der Waals surface area contributed by atoms with Crippen LogP contribution in [0.2, 0.25) is 0 Å². The highest BCUT2D eigenvalue weighted by Crippen LogP contribution is 2.20. The average molecular weight is 356 g/mol. The standard InChI is InChI=1S/C19H24N4O3/c1-12(2)7-14(10-25-4)21-19-22-16(18(24)23(19)3)8-13-5-6-15-17(9-13)26-11-20-15/h5-6,8-9,11-12,14H,7,10H2,1-4H3,(H,21,22)/b16-8-/t14-/m1/s1. The normalized spacial score (nSPS) is 17.4. The summed E-state index contributed by atoms with van der Waals surface area (Å²) in [4.78, 5) is 22.6. The molecule has 138 valence electrons. The van der Waals surface area contributed by atoms with Crippen LogP contribution in [0.25, 0.3) is 17.2 Å². The maximum atomic E-state index is 12.5. The van der Waals surface area contributed by atoms with Crippen molar-refractivity contribution in [3.63, 3.8) is 0 Å². The first-order valence-electron chi connectivity index (χ1n) is 8.65. The number of oxazole rings is 1. The van der Waals surface area contributed by atoms with E-state index in [1.54, 1.807) is 20.2 Å². The lowest BCUT2D eigenvalue weighted by atomic mass is 10.0. The van der Waals surface area contributed by atoms with E-state index in [4.69, 9.17) is 9.15 Å². The number of carbonyl (C=O) groups is 1. The molecule has 0 fully saturated rings. The van der Waals surface area contributed by atoms with Crippen molar-refractivity contribution in [3.8, 4) is 0 Å². The van der Waals surface area contributed by atoms with Gasteiger partial charge in [0.1, 0.15) is 11.2 Å². The number of carbonyl (C=O) groups excluding carboxylic acids is 1. The van der Waals surface area contributed by atoms with Gasteiger partial charge in [-0.1, -0.05) is 19.9 Å². The number of guanidine groups is 1. The van der Waals surface area contributed by atoms with Gasteiger partial charge < -0.3 is 14.5 Å². The van der Waals surface area contributed by atoms with Crippen LogP contribution in [-0.2, 0) is 9.53 Å². The number of methoxy groups -OCH3 is 1. The first kappa shape index (κ1) is 18.1. The molecule has 0 saturated heterocycles. The van der Waals surface area contributed by atoms with E-state index < -0.39 is 0 Å². The fourth-order valence-electron chi connectivity index (χ4n) is 2.97. The van der Waals surface area contributed by atoms with E-state index in [1.807, 2.05) is 18.2 Å². The summed E-state index contributed by atoms with van der Waals surface area (Å²) >= 11 is 0. The van der Waals surface area contributed by atoms with Crippen molar-refractivity contribution < 1.29 is 13.9 Å². The third-order valence-corrected chi connectivity index (χ3v) is 4.18. The minimum Gasteiger partial charge on any atom is -0.443 e. The summed E-state index contributed by atoms with van der Waals surface area (Å²) in [6.45, 7) is 4.86. The average Bonchev–Trinajstić information content (AvgIpc) is 3.15. The quantitative estimate of drug-likeness (QED) is 0.805. The van der Waals surface area contributed by atoms with Crippen LogP contribution in [0, 0.1) is 5.92 Å². The number of hydrogen-bond acceptors (Lipinski definition) is 6. The summed E-state index contributed by atoms with van der Waals surface area (Å²) < 4.78 is 10.6. The zero-order chi connectivity index (χ0) is 18.7. The minimum atomic E-state index is -0.147. The summed E-state index contributed by atoms with van der Waals surface area (Å²) in [6.07, 6.45) is 4.08. The summed E-state index contributed by atoms with van der Waals surface area (Å²) in [5, 5.41) is 3.33. The molecule has 1 aromatic carbocycles. The zero-order valence-electron chi connectivity index (χ0n) is 15.5. The van der Waals surface area contributed by atoms with Gasteiger partial charge in [-0.25, -0.2) is 9.98 Å². The Balaban J connectivity index is 1.82. The van der Waals surface area contributed by atoms with Gasteiger partial charge in [0.15, 0.2) is 12.0 Å². The molecule has 1 N–H and O–H groups in total. The summed E-state index contributed by atoms with van der Waals surface area (Å²) in [6, 6.07) is 5.68. The molecule has 1 amide bonds. The van der Waals surface area contributed by atoms with Gasteiger partial charge in [0.05, 0.1) is 12.6 Å². The third kappa shape index (κ3) is 3.94. The van der Waals surface area contributed by atoms with Gasteiger partial charge in [-0.2, -0.15) is 0 Å². The van der Waals surface area contributed by atoms with E-state index in [9.17, 15) is 4.79 Å². The van der Waals surface area contributed by atoms with Gasteiger partial charge in [0.2, 0.25) is 5.96 Å². The Morgan fingerprint density at radius 3 is 2.92 bits per heavy atom. The fraction of sp³-hybridized carbons (Fsp3) is 0.421. The van der Waals surface area contributed by atoms with Crippen LogP contribution in [0.15, 0.2) is 39.7 Å². The maximum absolute atomic E-state index is 12.5. The Bertz CT molecular complexity index is 853. The topological polar surface area (TPSA) is 80.0 Å². The van der Waals surface area contributed by atoms with E-state index >= 15 is 0 Å². The van der Waals surface area contributed by atoms with Crippen LogP contribution in [0.3, 0.4) is 0 Å². The second kappa shape index (κ2) is 7.70. The highest BCUT2D eigenvalue weighted by Gasteiger charge is 2.28. The van der Waals surface area contributed by atoms with Crippen molar-refractivity contribution in [1.29, 1.82) is 0 Å². The van der Waals surface area contributed by atoms with Crippen molar-refractivity contribution >= 4 is 29.0 Å². The summed E-state index contributed by atoms with van der Waals surface area (Å²) in [5.74, 6) is 0.907. The second-order valence-electron chi connectivity index (χ2n) is 6.83. The van der Waals surface area contributed by atoms with Gasteiger partial charge in [0.25, 0.3) is 5.91 Å². The molecule has 1 aliphatic heterocycles. The molecule has 2 heterocycles. The summed E-state index contributed by atoms with van der Waals surface area (Å²) in [5.41, 5.74) is 2.68. The number of likely N-dealkylation sites (N-methyl/N-ethyl adjacent to an activating group) is 1. The van der Waals surface area contributed by atoms with Crippen molar-refractivity contribution in [3.05, 3.63) is 35.9 Å². The zero-order valence-corrected chi connectivity index (χ0v) is 15.5. The lowest BCUT2D eigenvalue weighted by Gasteiger charge is -2.23. The number of nitrogens with zero attached hydrogens (tertiary/aromatic N) is 3. The Labute approximate surface area is 152 Å². The predicted molar refractivity (Wildman–Crippen MR) is 100 cm³/mol. The van der Waals surface area contributed by atoms with Crippen LogP contribution in [0.1, 0.15) is 25.8 Å². The first-order chi connectivity index (χ1) is 12.5. The number of aliphatic imine (C=N–C) groups is 1. The Hall–Kier alpha value is -2.67. The Morgan fingerprint density at radius 1 is 1.38 bits per heavy atom. The van der Waals surface area contributed by atoms with Crippen LogP contribution in [0.5, 0.6) is 0 Å². The molecule has 1 aliphatic rings. The Kier molecular flexibility index (Phi) is 5.37. The van der Waals surface area contributed by atoms with Gasteiger partial charge >= 0.3 is 0 Å². The lowest BCUT2D eigenvalue weighted by molar-refractivity contribution is -0.121. The molecule has 0 aliphatic carbocycles. The first-order valence-corrected chi connectivity index (χ1v) is 8.65. The van der Waals surface area contributed by atoms with E-state index in [2.05, 4.69) is 29.1 Å². The second-order valence-corrected chi connectivity index (χ2v) is 6.83. The number of fused-ring (bicyclic) bond motifs is 1. The monoisotopic (exact) mass is 356 g/mol. The van der Waals surface area contributed by atoms with Crippen molar-refractivity contribution in [2.75, 3.05) is 20.8 Å². The van der Waals surface area contributed by atoms with Gasteiger partial charge in [0, 0.05) is 14.2 Å². The van der Waals surface area contributed by atoms with Crippen LogP contribution in [-0.4, -0.2) is 48.6 Å². The predicted octanol–water partition coefficient (Wildman–Crippen LogP) is 2.65. The van der Waals surface area contributed by atoms with Gasteiger partial charge in [-0.05, 0) is 36.1 Å². The molecular weight excluding hydrogens is 332 g/mol. The highest BCUT2D eigenvalue weighted by atomic mass is 16.5. The molecular formula is C19H24N4O3. The van der Waals surface area contributed by atoms with E-state index in [0.29, 0.717) is 29.8 Å². The Morgan fingerprint density at radius 2 is 2.19 bits per heavy atom. The molecule has 0 unspecified atom stereocenters. The fourth-order valence-corrected chi connectivity index (χ4v) is 2.97. The maximum Gasteiger partial charge on any atom is 0.279 e. The molecule has 3 rings (SSSR count). The molecule has 7 nitrogen and oxygen atoms in total. The summed E-state index contributed by atoms with van der Waals surface area (Å²) in [7, 11) is 3.39. The molecule has 0 radical (unpaired) electrons. The van der Waals surface area contributed by atoms with Crippen LogP contribution in [0.4, 0.5) is 0 Å². The number of aromatic nitrogens is 1. The van der Waals surface area contributed by atoms with Gasteiger partial charge in [-0.3, -0.25) is 9.69 Å². The highest BCUT2D eigenvalue weighted by molar-refractivity contribution is 6.13. The largest absolute Gasteiger partial charge is 0.443 e. The lowest BCUT2D eigenvalue weighted by Crippen LogP contribution is -2.45. The number of rotatable bonds is 6. The molecule has 2 aromatic rings. The number of benzene rings is 1. The molecule has 26 heavy (non-hydrogen) atoms. The molecule has 0 bridgehead atoms. The molecule has 0 saturated carbocycles. The van der Waals surface area contributed by atoms with Crippen LogP contribution < -0.4 is 5.32 Å². The number of ether oxygens (including phenoxy) is 1. The third-order valence-electron chi connectivity index (χ3n) is 4.18. The van der Waals surface area contributed by atoms with E-state index in [1.165, 1.54) is 11.3 Å². The van der Waals surface area contributed by atoms with Crippen molar-refractivity contribution in [1.82, 2.24) is 15.2 Å². The molecule has 0 spiro atoms. The van der Waals surface area contributed by atoms with E-state index in [0.717, 1.165) is 17.5 Å². The molecule has 7 heteroatoms. The van der Waals surface area contributed by atoms with Gasteiger partial charge in [-0.15, -0.1) is 0 Å². The van der Waals surface area contributed by atoms with Crippen molar-refractivity contribution in [2.45, 2.75) is 26.3 Å². The van der Waals surface area contributed by atoms with E-state index in [-0.39, 0.29) is 11.9 Å². The number of hydrogen-bond donors (Lipinski definition) is 1.